The summed E-state index contributed by atoms with van der Waals surface area (Å²) in [6, 6.07) is 14.5. The number of carbonyl (C=O) groups excluding carboxylic acids is 1. The zero-order valence-electron chi connectivity index (χ0n) is 15.9. The van der Waals surface area contributed by atoms with E-state index in [2.05, 4.69) is 48.5 Å². The number of alkyl halides is 2. The topological polar surface area (TPSA) is 83.7 Å². The van der Waals surface area contributed by atoms with Crippen molar-refractivity contribution in [3.8, 4) is 17.6 Å². The molecule has 0 spiro atoms. The first-order valence-corrected chi connectivity index (χ1v) is 10.4. The minimum absolute atomic E-state index is 0.152. The van der Waals surface area contributed by atoms with Crippen molar-refractivity contribution in [3.63, 3.8) is 0 Å². The molecule has 3 rings (SSSR count). The summed E-state index contributed by atoms with van der Waals surface area (Å²) < 4.78 is 10.8. The smallest absolute Gasteiger partial charge is 0.248 e. The largest absolute Gasteiger partial charge is 0.496 e. The molecular weight excluding hydrogens is 502 g/mol. The van der Waals surface area contributed by atoms with E-state index in [9.17, 15) is 4.79 Å². The molecule has 8 heteroatoms. The van der Waals surface area contributed by atoms with Gasteiger partial charge in [-0.1, -0.05) is 31.9 Å². The molecule has 0 saturated heterocycles. The van der Waals surface area contributed by atoms with Gasteiger partial charge in [-0.05, 0) is 61.4 Å². The van der Waals surface area contributed by atoms with E-state index in [1.165, 1.54) is 0 Å². The highest BCUT2D eigenvalue weighted by Gasteiger charge is 2.66. The number of amides is 1. The first-order valence-electron chi connectivity index (χ1n) is 8.80. The van der Waals surface area contributed by atoms with E-state index in [1.807, 2.05) is 25.1 Å². The number of carbonyl (C=O) groups is 1. The molecule has 0 heterocycles. The van der Waals surface area contributed by atoms with Crippen LogP contribution in [0, 0.1) is 16.7 Å². The van der Waals surface area contributed by atoms with Crippen LogP contribution in [-0.2, 0) is 11.4 Å². The number of hydrazone groups is 1. The maximum atomic E-state index is 12.3. The number of hydrogen-bond acceptors (Lipinski definition) is 5. The fraction of sp³-hybridized carbons (Fsp3) is 0.286. The maximum absolute atomic E-state index is 12.3. The second-order valence-corrected chi connectivity index (χ2v) is 10.7. The van der Waals surface area contributed by atoms with Crippen LogP contribution in [0.3, 0.4) is 0 Å². The van der Waals surface area contributed by atoms with Crippen LogP contribution in [0.15, 0.2) is 47.6 Å². The average molecular weight is 521 g/mol. The second kappa shape index (κ2) is 8.56. The SMILES string of the molecule is COc1ccc(/C=N\NC(=O)[C@@]2(C)CC2(Br)Br)cc1COc1ccc(C#N)cc1. The quantitative estimate of drug-likeness (QED) is 0.331. The van der Waals surface area contributed by atoms with Crippen molar-refractivity contribution in [1.82, 2.24) is 5.43 Å². The van der Waals surface area contributed by atoms with Crippen LogP contribution < -0.4 is 14.9 Å². The Morgan fingerprint density at radius 2 is 2.00 bits per heavy atom. The Kier molecular flexibility index (Phi) is 6.30. The molecule has 1 saturated carbocycles. The van der Waals surface area contributed by atoms with Crippen molar-refractivity contribution < 1.29 is 14.3 Å². The molecule has 29 heavy (non-hydrogen) atoms. The highest BCUT2D eigenvalue weighted by Crippen LogP contribution is 2.66. The molecule has 2 aromatic rings. The van der Waals surface area contributed by atoms with E-state index in [-0.39, 0.29) is 15.7 Å². The zero-order chi connectivity index (χ0) is 21.1. The van der Waals surface area contributed by atoms with Crippen molar-refractivity contribution in [1.29, 1.82) is 5.26 Å². The molecule has 0 aromatic heterocycles. The Bertz CT molecular complexity index is 984. The Hall–Kier alpha value is -2.37. The van der Waals surface area contributed by atoms with E-state index in [0.29, 0.717) is 23.5 Å². The molecule has 0 unspecified atom stereocenters. The van der Waals surface area contributed by atoms with Gasteiger partial charge in [-0.2, -0.15) is 10.4 Å². The van der Waals surface area contributed by atoms with Gasteiger partial charge >= 0.3 is 0 Å². The lowest BCUT2D eigenvalue weighted by Gasteiger charge is -2.11. The molecular formula is C21H19Br2N3O3. The summed E-state index contributed by atoms with van der Waals surface area (Å²) in [5, 5.41) is 12.9. The van der Waals surface area contributed by atoms with Gasteiger partial charge in [0.25, 0.3) is 0 Å². The second-order valence-electron chi connectivity index (χ2n) is 6.91. The fourth-order valence-corrected chi connectivity index (χ4v) is 4.20. The van der Waals surface area contributed by atoms with Crippen LogP contribution in [0.2, 0.25) is 0 Å². The van der Waals surface area contributed by atoms with Crippen molar-refractivity contribution in [2.45, 2.75) is 23.2 Å². The Labute approximate surface area is 186 Å². The van der Waals surface area contributed by atoms with Crippen LogP contribution in [0.1, 0.15) is 30.0 Å². The summed E-state index contributed by atoms with van der Waals surface area (Å²) in [6.45, 7) is 2.16. The third-order valence-electron chi connectivity index (χ3n) is 4.82. The predicted octanol–water partition coefficient (Wildman–Crippen LogP) is 4.49. The number of nitriles is 1. The molecule has 0 radical (unpaired) electrons. The summed E-state index contributed by atoms with van der Waals surface area (Å²) in [7, 11) is 1.59. The summed E-state index contributed by atoms with van der Waals surface area (Å²) in [4.78, 5) is 12.3. The number of rotatable bonds is 7. The fourth-order valence-electron chi connectivity index (χ4n) is 2.71. The highest BCUT2D eigenvalue weighted by molar-refractivity contribution is 9.25. The molecule has 1 fully saturated rings. The molecule has 1 N–H and O–H groups in total. The van der Waals surface area contributed by atoms with Gasteiger partial charge in [0.2, 0.25) is 5.91 Å². The number of benzene rings is 2. The van der Waals surface area contributed by atoms with Gasteiger partial charge in [-0.3, -0.25) is 4.79 Å². The van der Waals surface area contributed by atoms with Crippen LogP contribution >= 0.6 is 31.9 Å². The molecule has 1 amide bonds. The van der Waals surface area contributed by atoms with Crippen molar-refractivity contribution >= 4 is 44.0 Å². The maximum Gasteiger partial charge on any atom is 0.248 e. The summed E-state index contributed by atoms with van der Waals surface area (Å²) >= 11 is 6.95. The third kappa shape index (κ3) is 4.80. The normalized spacial score (nSPS) is 19.4. The van der Waals surface area contributed by atoms with Gasteiger partial charge < -0.3 is 9.47 Å². The van der Waals surface area contributed by atoms with Crippen LogP contribution in [0.5, 0.6) is 11.5 Å². The third-order valence-corrected chi connectivity index (χ3v) is 7.13. The molecule has 150 valence electrons. The van der Waals surface area contributed by atoms with Gasteiger partial charge in [-0.15, -0.1) is 0 Å². The Balaban J connectivity index is 1.65. The van der Waals surface area contributed by atoms with Gasteiger partial charge in [-0.25, -0.2) is 5.43 Å². The van der Waals surface area contributed by atoms with E-state index in [0.717, 1.165) is 11.1 Å². The average Bonchev–Trinajstić information content (AvgIpc) is 3.25. The first kappa shape index (κ1) is 21.3. The van der Waals surface area contributed by atoms with Gasteiger partial charge in [0.15, 0.2) is 0 Å². The van der Waals surface area contributed by atoms with Crippen LogP contribution in [0.4, 0.5) is 0 Å². The van der Waals surface area contributed by atoms with Gasteiger partial charge in [0.05, 0.1) is 33.6 Å². The van der Waals surface area contributed by atoms with Crippen molar-refractivity contribution in [2.75, 3.05) is 7.11 Å². The molecule has 0 aliphatic heterocycles. The lowest BCUT2D eigenvalue weighted by molar-refractivity contribution is -0.125. The van der Waals surface area contributed by atoms with Crippen LogP contribution in [0.25, 0.3) is 0 Å². The lowest BCUT2D eigenvalue weighted by Crippen LogP contribution is -2.29. The number of ether oxygens (including phenoxy) is 2. The number of halogens is 2. The standard InChI is InChI=1S/C21H19Br2N3O3/c1-20(13-21(20,22)23)19(27)26-25-11-15-5-8-18(28-2)16(9-15)12-29-17-6-3-14(10-24)4-7-17/h3-9,11H,12-13H2,1-2H3,(H,26,27)/b25-11-/t20-/m1/s1. The Morgan fingerprint density at radius 1 is 1.31 bits per heavy atom. The number of hydrogen-bond donors (Lipinski definition) is 1. The van der Waals surface area contributed by atoms with Gasteiger partial charge in [0.1, 0.15) is 18.1 Å². The minimum Gasteiger partial charge on any atom is -0.496 e. The minimum atomic E-state index is -0.523. The number of methoxy groups -OCH3 is 1. The lowest BCUT2D eigenvalue weighted by atomic mass is 10.1. The van der Waals surface area contributed by atoms with Crippen molar-refractivity contribution in [2.24, 2.45) is 10.5 Å². The summed E-state index contributed by atoms with van der Waals surface area (Å²) in [6.07, 6.45) is 2.28. The molecule has 6 nitrogen and oxygen atoms in total. The zero-order valence-corrected chi connectivity index (χ0v) is 19.1. The van der Waals surface area contributed by atoms with Crippen LogP contribution in [-0.4, -0.2) is 22.5 Å². The molecule has 2 aromatic carbocycles. The summed E-state index contributed by atoms with van der Waals surface area (Å²) in [5.41, 5.74) is 4.28. The van der Waals surface area contributed by atoms with E-state index in [4.69, 9.17) is 14.7 Å². The van der Waals surface area contributed by atoms with E-state index < -0.39 is 5.41 Å². The summed E-state index contributed by atoms with van der Waals surface area (Å²) in [5.74, 6) is 1.19. The van der Waals surface area contributed by atoms with Gasteiger partial charge in [0, 0.05) is 5.56 Å². The highest BCUT2D eigenvalue weighted by atomic mass is 79.9. The molecule has 1 aliphatic rings. The molecule has 1 aliphatic carbocycles. The molecule has 0 bridgehead atoms. The van der Waals surface area contributed by atoms with Crippen molar-refractivity contribution in [3.05, 3.63) is 59.2 Å². The monoisotopic (exact) mass is 519 g/mol. The van der Waals surface area contributed by atoms with E-state index in [1.54, 1.807) is 37.6 Å². The number of nitrogens with one attached hydrogen (secondary N) is 1. The Morgan fingerprint density at radius 3 is 2.59 bits per heavy atom. The van der Waals surface area contributed by atoms with E-state index >= 15 is 0 Å². The predicted molar refractivity (Wildman–Crippen MR) is 118 cm³/mol. The first-order chi connectivity index (χ1) is 13.8. The number of nitrogens with zero attached hydrogens (tertiary/aromatic N) is 2. The molecule has 1 atom stereocenters.